The van der Waals surface area contributed by atoms with Crippen LogP contribution in [0, 0.1) is 5.92 Å². The summed E-state index contributed by atoms with van der Waals surface area (Å²) in [5.41, 5.74) is -1.83. The van der Waals surface area contributed by atoms with Crippen molar-refractivity contribution in [2.24, 2.45) is 5.92 Å². The Kier molecular flexibility index (Phi) is 11.2. The van der Waals surface area contributed by atoms with Crippen LogP contribution in [0.1, 0.15) is 54.1 Å². The molecule has 0 aliphatic carbocycles. The Bertz CT molecular complexity index is 1600. The fourth-order valence-electron chi connectivity index (χ4n) is 5.82. The fourth-order valence-corrected chi connectivity index (χ4v) is 7.37. The summed E-state index contributed by atoms with van der Waals surface area (Å²) >= 11 is 12.5. The Balaban J connectivity index is 1.53. The van der Waals surface area contributed by atoms with Crippen molar-refractivity contribution < 1.29 is 41.1 Å². The molecule has 2 N–H and O–H groups in total. The van der Waals surface area contributed by atoms with E-state index in [-0.39, 0.29) is 57.0 Å². The number of carboxylic acid groups (broad SMARTS) is 1. The van der Waals surface area contributed by atoms with Crippen LogP contribution in [0.3, 0.4) is 0 Å². The molecule has 2 heterocycles. The maximum atomic E-state index is 14.4. The first-order valence-corrected chi connectivity index (χ1v) is 17.1. The number of anilines is 1. The Morgan fingerprint density at radius 1 is 1.07 bits per heavy atom. The van der Waals surface area contributed by atoms with Gasteiger partial charge in [0.2, 0.25) is 5.91 Å². The SMILES string of the molecule is CCS(=O)(=O)c1ccc(Cl)cc1N(C)C(=O)c1cc(Cl)c(CN2CCC[C@H](C(=O)NC3CCN(C(=O)O)CC3)C2)c(C(F)(F)F)c1. The molecule has 2 aliphatic rings. The van der Waals surface area contributed by atoms with Crippen LogP contribution >= 0.6 is 23.2 Å². The number of halogens is 5. The van der Waals surface area contributed by atoms with E-state index in [0.29, 0.717) is 51.4 Å². The number of benzene rings is 2. The molecule has 0 spiro atoms. The second-order valence-corrected chi connectivity index (χ2v) is 14.6. The number of hydrogen-bond acceptors (Lipinski definition) is 6. The molecule has 2 fully saturated rings. The van der Waals surface area contributed by atoms with Gasteiger partial charge in [0.05, 0.1) is 27.8 Å². The van der Waals surface area contributed by atoms with E-state index in [1.165, 1.54) is 37.1 Å². The summed E-state index contributed by atoms with van der Waals surface area (Å²) in [5, 5.41) is 11.9. The van der Waals surface area contributed by atoms with Gasteiger partial charge in [-0.05, 0) is 68.1 Å². The molecule has 2 aliphatic heterocycles. The predicted molar refractivity (Wildman–Crippen MR) is 167 cm³/mol. The first-order valence-electron chi connectivity index (χ1n) is 14.7. The number of rotatable bonds is 8. The van der Waals surface area contributed by atoms with Crippen molar-refractivity contribution in [3.63, 3.8) is 0 Å². The largest absolute Gasteiger partial charge is 0.465 e. The molecule has 2 saturated heterocycles. The summed E-state index contributed by atoms with van der Waals surface area (Å²) < 4.78 is 68.6. The minimum absolute atomic E-state index is 0.0850. The van der Waals surface area contributed by atoms with E-state index < -0.39 is 45.1 Å². The second-order valence-electron chi connectivity index (χ2n) is 11.5. The topological polar surface area (TPSA) is 127 Å². The van der Waals surface area contributed by atoms with Gasteiger partial charge in [-0.2, -0.15) is 13.2 Å². The lowest BCUT2D eigenvalue weighted by molar-refractivity contribution is -0.138. The third kappa shape index (κ3) is 8.25. The Morgan fingerprint density at radius 2 is 1.74 bits per heavy atom. The van der Waals surface area contributed by atoms with Crippen LogP contribution in [0.15, 0.2) is 35.2 Å². The van der Waals surface area contributed by atoms with Crippen LogP contribution < -0.4 is 10.2 Å². The fraction of sp³-hybridized carbons (Fsp3) is 0.500. The quantitative estimate of drug-likeness (QED) is 0.368. The molecular weight excluding hydrogens is 672 g/mol. The Morgan fingerprint density at radius 3 is 2.35 bits per heavy atom. The molecule has 252 valence electrons. The van der Waals surface area contributed by atoms with Crippen LogP contribution in [-0.4, -0.2) is 86.3 Å². The lowest BCUT2D eigenvalue weighted by Crippen LogP contribution is -2.50. The van der Waals surface area contributed by atoms with Crippen molar-refractivity contribution in [2.75, 3.05) is 43.9 Å². The predicted octanol–water partition coefficient (Wildman–Crippen LogP) is 5.55. The molecule has 2 aromatic rings. The summed E-state index contributed by atoms with van der Waals surface area (Å²) in [6.45, 7) is 2.45. The van der Waals surface area contributed by atoms with Gasteiger partial charge in [0.1, 0.15) is 0 Å². The standard InChI is InChI=1S/C30H35Cl2F3N4O6S/c1-3-46(44,45)26-7-6-20(31)15-25(26)37(2)28(41)19-13-23(30(33,34)35)22(24(32)14-19)17-38-10-4-5-18(16-38)27(40)36-21-8-11-39(12-9-21)29(42)43/h6-7,13-15,18,21H,3-5,8-12,16-17H2,1-2H3,(H,36,40)(H,42,43)/t18-/m0/s1. The average Bonchev–Trinajstić information content (AvgIpc) is 3.00. The molecule has 10 nitrogen and oxygen atoms in total. The van der Waals surface area contributed by atoms with Gasteiger partial charge >= 0.3 is 12.3 Å². The van der Waals surface area contributed by atoms with E-state index in [4.69, 9.17) is 28.3 Å². The summed E-state index contributed by atoms with van der Waals surface area (Å²) in [6, 6.07) is 5.49. The van der Waals surface area contributed by atoms with E-state index in [9.17, 15) is 36.0 Å². The van der Waals surface area contributed by atoms with Crippen molar-refractivity contribution in [3.05, 3.63) is 57.1 Å². The molecule has 0 unspecified atom stereocenters. The summed E-state index contributed by atoms with van der Waals surface area (Å²) in [7, 11) is -2.57. The van der Waals surface area contributed by atoms with Gasteiger partial charge in [-0.3, -0.25) is 14.5 Å². The van der Waals surface area contributed by atoms with Gasteiger partial charge in [0.15, 0.2) is 9.84 Å². The average molecular weight is 708 g/mol. The molecule has 3 amide bonds. The number of nitrogens with zero attached hydrogens (tertiary/aromatic N) is 3. The first kappa shape index (κ1) is 35.8. The molecule has 4 rings (SSSR count). The Labute approximate surface area is 275 Å². The number of amides is 3. The highest BCUT2D eigenvalue weighted by Gasteiger charge is 2.37. The van der Waals surface area contributed by atoms with Crippen LogP contribution in [-0.2, 0) is 27.4 Å². The Hall–Kier alpha value is -3.07. The van der Waals surface area contributed by atoms with E-state index >= 15 is 0 Å². The molecule has 0 bridgehead atoms. The third-order valence-corrected chi connectivity index (χ3v) is 10.8. The van der Waals surface area contributed by atoms with Crippen molar-refractivity contribution in [3.8, 4) is 0 Å². The lowest BCUT2D eigenvalue weighted by atomic mass is 9.94. The maximum Gasteiger partial charge on any atom is 0.416 e. The number of likely N-dealkylation sites (tertiary alicyclic amines) is 2. The highest BCUT2D eigenvalue weighted by molar-refractivity contribution is 7.91. The van der Waals surface area contributed by atoms with Crippen molar-refractivity contribution in [2.45, 2.75) is 56.3 Å². The molecule has 0 saturated carbocycles. The zero-order valence-corrected chi connectivity index (χ0v) is 27.6. The van der Waals surface area contributed by atoms with Gasteiger partial charge in [-0.25, -0.2) is 13.2 Å². The third-order valence-electron chi connectivity index (χ3n) is 8.42. The molecule has 16 heteroatoms. The monoisotopic (exact) mass is 706 g/mol. The molecule has 2 aromatic carbocycles. The lowest BCUT2D eigenvalue weighted by Gasteiger charge is -2.35. The van der Waals surface area contributed by atoms with Gasteiger partial charge < -0.3 is 20.2 Å². The van der Waals surface area contributed by atoms with Crippen LogP contribution in [0.5, 0.6) is 0 Å². The summed E-state index contributed by atoms with van der Waals surface area (Å²) in [5.74, 6) is -1.89. The first-order chi connectivity index (χ1) is 21.5. The number of alkyl halides is 3. The minimum Gasteiger partial charge on any atom is -0.465 e. The van der Waals surface area contributed by atoms with E-state index in [1.807, 2.05) is 0 Å². The second kappa shape index (κ2) is 14.4. The molecule has 46 heavy (non-hydrogen) atoms. The van der Waals surface area contributed by atoms with Gasteiger partial charge in [-0.15, -0.1) is 0 Å². The number of nitrogens with one attached hydrogen (secondary N) is 1. The van der Waals surface area contributed by atoms with Crippen molar-refractivity contribution in [1.82, 2.24) is 15.1 Å². The normalized spacial score (nSPS) is 18.3. The number of piperidine rings is 2. The van der Waals surface area contributed by atoms with Crippen LogP contribution in [0.2, 0.25) is 10.0 Å². The highest BCUT2D eigenvalue weighted by atomic mass is 35.5. The minimum atomic E-state index is -4.88. The van der Waals surface area contributed by atoms with E-state index in [2.05, 4.69) is 5.32 Å². The van der Waals surface area contributed by atoms with Gasteiger partial charge in [0, 0.05) is 54.9 Å². The number of sulfone groups is 1. The highest BCUT2D eigenvalue weighted by Crippen LogP contribution is 2.38. The molecule has 1 atom stereocenters. The number of carbonyl (C=O) groups excluding carboxylic acids is 2. The van der Waals surface area contributed by atoms with E-state index in [0.717, 1.165) is 11.0 Å². The van der Waals surface area contributed by atoms with Crippen molar-refractivity contribution in [1.29, 1.82) is 0 Å². The number of carbonyl (C=O) groups is 3. The van der Waals surface area contributed by atoms with Crippen molar-refractivity contribution >= 4 is 56.6 Å². The zero-order chi connectivity index (χ0) is 34.0. The van der Waals surface area contributed by atoms with Crippen LogP contribution in [0.25, 0.3) is 0 Å². The summed E-state index contributed by atoms with van der Waals surface area (Å²) in [4.78, 5) is 41.4. The van der Waals surface area contributed by atoms with Gasteiger partial charge in [-0.1, -0.05) is 30.1 Å². The van der Waals surface area contributed by atoms with Crippen LogP contribution in [0.4, 0.5) is 23.7 Å². The zero-order valence-electron chi connectivity index (χ0n) is 25.2. The van der Waals surface area contributed by atoms with E-state index in [1.54, 1.807) is 4.90 Å². The number of hydrogen-bond donors (Lipinski definition) is 2. The molecule has 0 radical (unpaired) electrons. The van der Waals surface area contributed by atoms with Gasteiger partial charge in [0.25, 0.3) is 5.91 Å². The summed E-state index contributed by atoms with van der Waals surface area (Å²) in [6.07, 6.45) is -3.81. The maximum absolute atomic E-state index is 14.4. The molecule has 0 aromatic heterocycles. The smallest absolute Gasteiger partial charge is 0.416 e. The molecular formula is C30H35Cl2F3N4O6S.